The van der Waals surface area contributed by atoms with Gasteiger partial charge in [0.2, 0.25) is 15.9 Å². The molecule has 1 heterocycles. The molecule has 1 saturated carbocycles. The highest BCUT2D eigenvalue weighted by Crippen LogP contribution is 2.22. The van der Waals surface area contributed by atoms with Crippen LogP contribution in [0.15, 0.2) is 53.4 Å². The molecule has 8 heteroatoms. The molecule has 164 valence electrons. The smallest absolute Gasteiger partial charge is 0.251 e. The number of nitrogens with zero attached hydrogens (tertiary/aromatic N) is 1. The number of carbonyl (C=O) groups excluding carboxylic acids is 2. The van der Waals surface area contributed by atoms with E-state index in [9.17, 15) is 18.0 Å². The van der Waals surface area contributed by atoms with Gasteiger partial charge in [-0.3, -0.25) is 9.59 Å². The first-order chi connectivity index (χ1) is 14.9. The Morgan fingerprint density at radius 2 is 1.55 bits per heavy atom. The van der Waals surface area contributed by atoms with Crippen molar-refractivity contribution in [3.05, 3.63) is 59.7 Å². The predicted molar refractivity (Wildman–Crippen MR) is 118 cm³/mol. The van der Waals surface area contributed by atoms with E-state index in [0.29, 0.717) is 30.4 Å². The monoisotopic (exact) mass is 441 g/mol. The average molecular weight is 442 g/mol. The molecule has 2 aliphatic rings. The van der Waals surface area contributed by atoms with Crippen LogP contribution in [0.2, 0.25) is 0 Å². The van der Waals surface area contributed by atoms with Crippen LogP contribution < -0.4 is 10.6 Å². The maximum atomic E-state index is 12.7. The second kappa shape index (κ2) is 9.20. The van der Waals surface area contributed by atoms with Gasteiger partial charge in [0.05, 0.1) is 11.3 Å². The summed E-state index contributed by atoms with van der Waals surface area (Å²) >= 11 is 0. The standard InChI is InChI=1S/C23H27N3O4S/c27-22(24-19-8-6-18(7-9-19)23(28)25-20-10-11-20)16-17-4-12-21(13-5-17)31(29,30)26-14-2-1-3-15-26/h4-9,12-13,20H,1-3,10-11,14-16H2,(H,24,27)(H,25,28). The molecule has 2 amide bonds. The summed E-state index contributed by atoms with van der Waals surface area (Å²) < 4.78 is 27.0. The molecule has 7 nitrogen and oxygen atoms in total. The molecule has 2 N–H and O–H groups in total. The molecule has 0 bridgehead atoms. The van der Waals surface area contributed by atoms with Crippen LogP contribution in [0.5, 0.6) is 0 Å². The van der Waals surface area contributed by atoms with Crippen LogP contribution in [0.25, 0.3) is 0 Å². The lowest BCUT2D eigenvalue weighted by Gasteiger charge is -2.25. The van der Waals surface area contributed by atoms with Crippen molar-refractivity contribution in [2.45, 2.75) is 49.5 Å². The van der Waals surface area contributed by atoms with Crippen molar-refractivity contribution in [3.8, 4) is 0 Å². The number of sulfonamides is 1. The second-order valence-electron chi connectivity index (χ2n) is 8.16. The van der Waals surface area contributed by atoms with Crippen molar-refractivity contribution >= 4 is 27.5 Å². The van der Waals surface area contributed by atoms with E-state index in [1.807, 2.05) is 0 Å². The normalized spacial score (nSPS) is 17.2. The molecule has 2 fully saturated rings. The number of nitrogens with one attached hydrogen (secondary N) is 2. The molecule has 31 heavy (non-hydrogen) atoms. The number of benzene rings is 2. The summed E-state index contributed by atoms with van der Waals surface area (Å²) in [5, 5.41) is 5.74. The first kappa shape index (κ1) is 21.5. The molecule has 4 rings (SSSR count). The van der Waals surface area contributed by atoms with Crippen LogP contribution in [0.4, 0.5) is 5.69 Å². The van der Waals surface area contributed by atoms with Crippen molar-refractivity contribution in [1.29, 1.82) is 0 Å². The molecule has 2 aromatic rings. The number of carbonyl (C=O) groups is 2. The molecule has 2 aromatic carbocycles. The SMILES string of the molecule is O=C(Cc1ccc(S(=O)(=O)N2CCCCC2)cc1)Nc1ccc(C(=O)NC2CC2)cc1. The molecule has 0 spiro atoms. The van der Waals surface area contributed by atoms with Crippen LogP contribution in [-0.2, 0) is 21.2 Å². The zero-order valence-corrected chi connectivity index (χ0v) is 18.2. The van der Waals surface area contributed by atoms with E-state index in [1.54, 1.807) is 48.5 Å². The van der Waals surface area contributed by atoms with E-state index in [4.69, 9.17) is 0 Å². The first-order valence-electron chi connectivity index (χ1n) is 10.7. The highest BCUT2D eigenvalue weighted by molar-refractivity contribution is 7.89. The number of hydrogen-bond acceptors (Lipinski definition) is 4. The van der Waals surface area contributed by atoms with Crippen LogP contribution in [-0.4, -0.2) is 43.7 Å². The zero-order valence-electron chi connectivity index (χ0n) is 17.3. The summed E-state index contributed by atoms with van der Waals surface area (Å²) in [6, 6.07) is 13.6. The minimum absolute atomic E-state index is 0.0972. The third kappa shape index (κ3) is 5.51. The lowest BCUT2D eigenvalue weighted by atomic mass is 10.1. The van der Waals surface area contributed by atoms with Crippen molar-refractivity contribution in [2.75, 3.05) is 18.4 Å². The number of rotatable bonds is 7. The minimum atomic E-state index is -3.47. The molecule has 1 aliphatic heterocycles. The molecule has 1 saturated heterocycles. The van der Waals surface area contributed by atoms with Crippen molar-refractivity contribution in [3.63, 3.8) is 0 Å². The Hall–Kier alpha value is -2.71. The topological polar surface area (TPSA) is 95.6 Å². The van der Waals surface area contributed by atoms with E-state index in [0.717, 1.165) is 37.7 Å². The van der Waals surface area contributed by atoms with Gasteiger partial charge < -0.3 is 10.6 Å². The highest BCUT2D eigenvalue weighted by atomic mass is 32.2. The molecule has 0 aromatic heterocycles. The Kier molecular flexibility index (Phi) is 6.38. The Morgan fingerprint density at radius 3 is 2.16 bits per heavy atom. The highest BCUT2D eigenvalue weighted by Gasteiger charge is 2.26. The Morgan fingerprint density at radius 1 is 0.903 bits per heavy atom. The quantitative estimate of drug-likeness (QED) is 0.691. The molecule has 0 atom stereocenters. The van der Waals surface area contributed by atoms with Gasteiger partial charge in [0.1, 0.15) is 0 Å². The summed E-state index contributed by atoms with van der Waals surface area (Å²) in [6.45, 7) is 1.13. The van der Waals surface area contributed by atoms with Crippen molar-refractivity contribution in [1.82, 2.24) is 9.62 Å². The molecule has 0 unspecified atom stereocenters. The van der Waals surface area contributed by atoms with Crippen LogP contribution >= 0.6 is 0 Å². The van der Waals surface area contributed by atoms with Gasteiger partial charge in [0.15, 0.2) is 0 Å². The fraction of sp³-hybridized carbons (Fsp3) is 0.391. The van der Waals surface area contributed by atoms with Gasteiger partial charge in [-0.25, -0.2) is 8.42 Å². The van der Waals surface area contributed by atoms with E-state index >= 15 is 0 Å². The van der Waals surface area contributed by atoms with E-state index in [1.165, 1.54) is 4.31 Å². The number of hydrogen-bond donors (Lipinski definition) is 2. The molecular formula is C23H27N3O4S. The van der Waals surface area contributed by atoms with E-state index < -0.39 is 10.0 Å². The third-order valence-corrected chi connectivity index (χ3v) is 7.50. The van der Waals surface area contributed by atoms with Crippen LogP contribution in [0, 0.1) is 0 Å². The largest absolute Gasteiger partial charge is 0.349 e. The zero-order chi connectivity index (χ0) is 21.8. The average Bonchev–Trinajstić information content (AvgIpc) is 3.59. The lowest BCUT2D eigenvalue weighted by Crippen LogP contribution is -2.35. The Bertz CT molecular complexity index is 1040. The lowest BCUT2D eigenvalue weighted by molar-refractivity contribution is -0.115. The number of anilines is 1. The predicted octanol–water partition coefficient (Wildman–Crippen LogP) is 2.93. The Balaban J connectivity index is 1.32. The summed E-state index contributed by atoms with van der Waals surface area (Å²) in [5.41, 5.74) is 1.91. The fourth-order valence-electron chi connectivity index (χ4n) is 3.63. The first-order valence-corrected chi connectivity index (χ1v) is 12.2. The molecule has 0 radical (unpaired) electrons. The number of piperidine rings is 1. The van der Waals surface area contributed by atoms with Crippen molar-refractivity contribution < 1.29 is 18.0 Å². The minimum Gasteiger partial charge on any atom is -0.349 e. The maximum absolute atomic E-state index is 12.7. The van der Waals surface area contributed by atoms with Gasteiger partial charge in [-0.05, 0) is 67.6 Å². The summed E-state index contributed by atoms with van der Waals surface area (Å²) in [4.78, 5) is 24.7. The summed E-state index contributed by atoms with van der Waals surface area (Å²) in [5.74, 6) is -0.304. The Labute approximate surface area is 182 Å². The van der Waals surface area contributed by atoms with Gasteiger partial charge >= 0.3 is 0 Å². The molecule has 1 aliphatic carbocycles. The second-order valence-corrected chi connectivity index (χ2v) is 10.1. The van der Waals surface area contributed by atoms with Gasteiger partial charge in [-0.1, -0.05) is 18.6 Å². The van der Waals surface area contributed by atoms with Crippen molar-refractivity contribution in [2.24, 2.45) is 0 Å². The number of amides is 2. The summed E-state index contributed by atoms with van der Waals surface area (Å²) in [6.07, 6.45) is 5.05. The molecular weight excluding hydrogens is 414 g/mol. The van der Waals surface area contributed by atoms with Gasteiger partial charge in [-0.2, -0.15) is 4.31 Å². The summed E-state index contributed by atoms with van der Waals surface area (Å²) in [7, 11) is -3.47. The third-order valence-electron chi connectivity index (χ3n) is 5.58. The maximum Gasteiger partial charge on any atom is 0.251 e. The van der Waals surface area contributed by atoms with E-state index in [-0.39, 0.29) is 23.1 Å². The fourth-order valence-corrected chi connectivity index (χ4v) is 5.14. The van der Waals surface area contributed by atoms with Gasteiger partial charge in [-0.15, -0.1) is 0 Å². The van der Waals surface area contributed by atoms with Gasteiger partial charge in [0, 0.05) is 30.4 Å². The van der Waals surface area contributed by atoms with Gasteiger partial charge in [0.25, 0.3) is 5.91 Å². The van der Waals surface area contributed by atoms with Crippen LogP contribution in [0.3, 0.4) is 0 Å². The van der Waals surface area contributed by atoms with Crippen LogP contribution in [0.1, 0.15) is 48.0 Å². The van der Waals surface area contributed by atoms with E-state index in [2.05, 4.69) is 10.6 Å².